The van der Waals surface area contributed by atoms with Crippen molar-refractivity contribution in [3.05, 3.63) is 56.5 Å². The zero-order valence-electron chi connectivity index (χ0n) is 14.5. The Balaban J connectivity index is 2.02. The van der Waals surface area contributed by atoms with Crippen LogP contribution in [0.2, 0.25) is 0 Å². The van der Waals surface area contributed by atoms with Gasteiger partial charge in [-0.2, -0.15) is 16.8 Å². The van der Waals surface area contributed by atoms with Crippen molar-refractivity contribution in [2.75, 3.05) is 12.0 Å². The number of benzene rings is 1. The standard InChI is InChI=1S/C19H20N2OS3/c1-13-11-16-17(12-14(13)2)25-19(21(16)8-10-23-3)20-18(22)7-6-15-5-4-9-24-15/h4-7,9,11-12H,8,10H2,1-3H3/b7-6+,20-19?. The average Bonchev–Trinajstić information content (AvgIpc) is 3.20. The molecule has 2 aromatic heterocycles. The molecule has 0 aliphatic carbocycles. The number of thiazole rings is 1. The van der Waals surface area contributed by atoms with Crippen molar-refractivity contribution < 1.29 is 4.79 Å². The summed E-state index contributed by atoms with van der Waals surface area (Å²) in [6, 6.07) is 8.35. The molecule has 0 saturated heterocycles. The fraction of sp³-hybridized carbons (Fsp3) is 0.263. The van der Waals surface area contributed by atoms with Gasteiger partial charge in [-0.05, 0) is 60.9 Å². The van der Waals surface area contributed by atoms with Crippen LogP contribution in [-0.4, -0.2) is 22.5 Å². The molecule has 0 unspecified atom stereocenters. The van der Waals surface area contributed by atoms with Crippen molar-refractivity contribution >= 4 is 56.6 Å². The number of thioether (sulfide) groups is 1. The molecular formula is C19H20N2OS3. The second kappa shape index (κ2) is 8.17. The van der Waals surface area contributed by atoms with Crippen LogP contribution in [0.15, 0.2) is 40.7 Å². The zero-order valence-corrected chi connectivity index (χ0v) is 16.9. The van der Waals surface area contributed by atoms with Crippen molar-refractivity contribution in [2.24, 2.45) is 4.99 Å². The summed E-state index contributed by atoms with van der Waals surface area (Å²) in [6.07, 6.45) is 5.46. The van der Waals surface area contributed by atoms with Gasteiger partial charge in [0.25, 0.3) is 5.91 Å². The molecule has 3 aromatic rings. The lowest BCUT2D eigenvalue weighted by atomic mass is 10.1. The van der Waals surface area contributed by atoms with E-state index in [2.05, 4.69) is 41.8 Å². The van der Waals surface area contributed by atoms with E-state index in [-0.39, 0.29) is 5.91 Å². The molecule has 0 atom stereocenters. The Morgan fingerprint density at radius 3 is 2.84 bits per heavy atom. The number of aromatic nitrogens is 1. The molecule has 3 nitrogen and oxygen atoms in total. The molecule has 0 spiro atoms. The number of hydrogen-bond acceptors (Lipinski definition) is 4. The molecule has 0 N–H and O–H groups in total. The smallest absolute Gasteiger partial charge is 0.272 e. The van der Waals surface area contributed by atoms with Crippen LogP contribution in [0.5, 0.6) is 0 Å². The fourth-order valence-electron chi connectivity index (χ4n) is 2.48. The highest BCUT2D eigenvalue weighted by Gasteiger charge is 2.09. The first kappa shape index (κ1) is 18.2. The van der Waals surface area contributed by atoms with Crippen LogP contribution in [0.1, 0.15) is 16.0 Å². The highest BCUT2D eigenvalue weighted by molar-refractivity contribution is 7.98. The zero-order chi connectivity index (χ0) is 17.8. The van der Waals surface area contributed by atoms with Gasteiger partial charge in [-0.15, -0.1) is 11.3 Å². The molecule has 25 heavy (non-hydrogen) atoms. The van der Waals surface area contributed by atoms with E-state index in [0.29, 0.717) is 0 Å². The minimum atomic E-state index is -0.216. The first-order valence-electron chi connectivity index (χ1n) is 7.98. The quantitative estimate of drug-likeness (QED) is 0.584. The van der Waals surface area contributed by atoms with Crippen LogP contribution in [0.3, 0.4) is 0 Å². The number of fused-ring (bicyclic) bond motifs is 1. The second-order valence-corrected chi connectivity index (χ2v) is 8.71. The first-order chi connectivity index (χ1) is 12.1. The molecule has 0 radical (unpaired) electrons. The first-order valence-corrected chi connectivity index (χ1v) is 11.1. The predicted octanol–water partition coefficient (Wildman–Crippen LogP) is 4.88. The van der Waals surface area contributed by atoms with Crippen LogP contribution in [-0.2, 0) is 11.3 Å². The van der Waals surface area contributed by atoms with Crippen LogP contribution in [0, 0.1) is 13.8 Å². The van der Waals surface area contributed by atoms with Crippen molar-refractivity contribution in [3.8, 4) is 0 Å². The van der Waals surface area contributed by atoms with Crippen molar-refractivity contribution in [1.82, 2.24) is 4.57 Å². The van der Waals surface area contributed by atoms with Crippen LogP contribution >= 0.6 is 34.4 Å². The Bertz CT molecular complexity index is 978. The second-order valence-electron chi connectivity index (χ2n) is 5.73. The molecule has 0 aliphatic heterocycles. The topological polar surface area (TPSA) is 34.4 Å². The van der Waals surface area contributed by atoms with E-state index < -0.39 is 0 Å². The summed E-state index contributed by atoms with van der Waals surface area (Å²) in [5.74, 6) is 0.775. The third-order valence-corrected chi connectivity index (χ3v) is 6.43. The van der Waals surface area contributed by atoms with Crippen molar-refractivity contribution in [1.29, 1.82) is 0 Å². The average molecular weight is 389 g/mol. The SMILES string of the molecule is CSCCn1c(=NC(=O)/C=C/c2cccs2)sc2cc(C)c(C)cc21. The molecule has 130 valence electrons. The number of nitrogens with zero attached hydrogens (tertiary/aromatic N) is 2. The summed E-state index contributed by atoms with van der Waals surface area (Å²) in [5, 5.41) is 1.99. The normalized spacial score (nSPS) is 12.5. The third kappa shape index (κ3) is 4.32. The molecule has 0 bridgehead atoms. The minimum Gasteiger partial charge on any atom is -0.315 e. The predicted molar refractivity (Wildman–Crippen MR) is 112 cm³/mol. The monoisotopic (exact) mass is 388 g/mol. The largest absolute Gasteiger partial charge is 0.315 e. The number of carbonyl (C=O) groups excluding carboxylic acids is 1. The molecule has 0 aliphatic rings. The maximum Gasteiger partial charge on any atom is 0.272 e. The molecular weight excluding hydrogens is 368 g/mol. The van der Waals surface area contributed by atoms with Crippen LogP contribution in [0.25, 0.3) is 16.3 Å². The molecule has 0 saturated carbocycles. The highest BCUT2D eigenvalue weighted by atomic mass is 32.2. The number of thiophene rings is 1. The minimum absolute atomic E-state index is 0.216. The molecule has 0 fully saturated rings. The Hall–Kier alpha value is -1.63. The van der Waals surface area contributed by atoms with Gasteiger partial charge in [-0.1, -0.05) is 17.4 Å². The van der Waals surface area contributed by atoms with Gasteiger partial charge in [0, 0.05) is 23.3 Å². The summed E-state index contributed by atoms with van der Waals surface area (Å²) in [6.45, 7) is 5.09. The van der Waals surface area contributed by atoms with Crippen LogP contribution < -0.4 is 4.80 Å². The summed E-state index contributed by atoms with van der Waals surface area (Å²) in [7, 11) is 0. The molecule has 6 heteroatoms. The molecule has 1 aromatic carbocycles. The Morgan fingerprint density at radius 1 is 1.32 bits per heavy atom. The molecule has 3 rings (SSSR count). The fourth-order valence-corrected chi connectivity index (χ4v) is 4.60. The van der Waals surface area contributed by atoms with Gasteiger partial charge in [-0.25, -0.2) is 0 Å². The number of aryl methyl sites for hydroxylation is 3. The number of rotatable bonds is 5. The van der Waals surface area contributed by atoms with E-state index in [4.69, 9.17) is 0 Å². The van der Waals surface area contributed by atoms with Gasteiger partial charge < -0.3 is 4.57 Å². The third-order valence-electron chi connectivity index (χ3n) is 3.96. The van der Waals surface area contributed by atoms with Gasteiger partial charge in [0.2, 0.25) is 0 Å². The molecule has 1 amide bonds. The Morgan fingerprint density at radius 2 is 2.12 bits per heavy atom. The summed E-state index contributed by atoms with van der Waals surface area (Å²) < 4.78 is 3.35. The van der Waals surface area contributed by atoms with Gasteiger partial charge in [0.05, 0.1) is 10.2 Å². The van der Waals surface area contributed by atoms with E-state index in [0.717, 1.165) is 27.5 Å². The lowest BCUT2D eigenvalue weighted by Crippen LogP contribution is -2.17. The van der Waals surface area contributed by atoms with Crippen molar-refractivity contribution in [2.45, 2.75) is 20.4 Å². The van der Waals surface area contributed by atoms with E-state index in [9.17, 15) is 4.79 Å². The van der Waals surface area contributed by atoms with E-state index >= 15 is 0 Å². The maximum atomic E-state index is 12.3. The summed E-state index contributed by atoms with van der Waals surface area (Å²) in [4.78, 5) is 18.5. The van der Waals surface area contributed by atoms with E-state index in [1.165, 1.54) is 15.8 Å². The maximum absolute atomic E-state index is 12.3. The highest BCUT2D eigenvalue weighted by Crippen LogP contribution is 2.22. The number of hydrogen-bond donors (Lipinski definition) is 0. The van der Waals surface area contributed by atoms with Crippen LogP contribution in [0.4, 0.5) is 0 Å². The Labute approximate surface area is 159 Å². The lowest BCUT2D eigenvalue weighted by Gasteiger charge is -2.05. The molecule has 2 heterocycles. The summed E-state index contributed by atoms with van der Waals surface area (Å²) in [5.41, 5.74) is 3.69. The Kier molecular flexibility index (Phi) is 5.93. The number of amides is 1. The number of carbonyl (C=O) groups is 1. The van der Waals surface area contributed by atoms with Gasteiger partial charge in [0.15, 0.2) is 4.80 Å². The lowest BCUT2D eigenvalue weighted by molar-refractivity contribution is -0.113. The van der Waals surface area contributed by atoms with Crippen molar-refractivity contribution in [3.63, 3.8) is 0 Å². The van der Waals surface area contributed by atoms with Gasteiger partial charge in [0.1, 0.15) is 0 Å². The van der Waals surface area contributed by atoms with Gasteiger partial charge in [-0.3, -0.25) is 4.79 Å². The van der Waals surface area contributed by atoms with Gasteiger partial charge >= 0.3 is 0 Å². The summed E-state index contributed by atoms with van der Waals surface area (Å²) >= 11 is 4.99. The van der Waals surface area contributed by atoms with E-state index in [1.807, 2.05) is 23.6 Å². The van der Waals surface area contributed by atoms with E-state index in [1.54, 1.807) is 40.5 Å².